The average molecular weight is 266 g/mol. The summed E-state index contributed by atoms with van der Waals surface area (Å²) in [5.74, 6) is -0.312. The van der Waals surface area contributed by atoms with Gasteiger partial charge in [-0.3, -0.25) is 0 Å². The highest BCUT2D eigenvalue weighted by atomic mass is 32.2. The molecule has 2 aromatic carbocycles. The van der Waals surface area contributed by atoms with Crippen LogP contribution >= 0.6 is 11.8 Å². The first-order valence-corrected chi connectivity index (χ1v) is 6.46. The molecule has 2 aromatic rings. The topological polar surface area (TPSA) is 20.2 Å². The SMILES string of the molecule is OC(CSc1ccccc1F)c1ccc(F)cc1. The van der Waals surface area contributed by atoms with Gasteiger partial charge in [0.1, 0.15) is 11.6 Å². The molecule has 0 aliphatic heterocycles. The fourth-order valence-corrected chi connectivity index (χ4v) is 2.42. The summed E-state index contributed by atoms with van der Waals surface area (Å²) in [7, 11) is 0. The van der Waals surface area contributed by atoms with Crippen LogP contribution in [0.4, 0.5) is 8.78 Å². The van der Waals surface area contributed by atoms with Gasteiger partial charge in [-0.1, -0.05) is 24.3 Å². The molecule has 1 nitrogen and oxygen atoms in total. The molecule has 0 saturated heterocycles. The van der Waals surface area contributed by atoms with Gasteiger partial charge in [0.25, 0.3) is 0 Å². The molecule has 1 atom stereocenters. The Kier molecular flexibility index (Phi) is 4.33. The van der Waals surface area contributed by atoms with Gasteiger partial charge >= 0.3 is 0 Å². The van der Waals surface area contributed by atoms with E-state index in [0.717, 1.165) is 0 Å². The Balaban J connectivity index is 1.98. The molecule has 1 N–H and O–H groups in total. The lowest BCUT2D eigenvalue weighted by Crippen LogP contribution is -2.00. The molecule has 0 aliphatic rings. The molecule has 0 heterocycles. The van der Waals surface area contributed by atoms with Crippen molar-refractivity contribution in [3.8, 4) is 0 Å². The molecule has 0 amide bonds. The maximum Gasteiger partial charge on any atom is 0.136 e. The number of hydrogen-bond acceptors (Lipinski definition) is 2. The third kappa shape index (κ3) is 3.31. The van der Waals surface area contributed by atoms with E-state index < -0.39 is 6.10 Å². The molecule has 0 aliphatic carbocycles. The Hall–Kier alpha value is -1.39. The van der Waals surface area contributed by atoms with Crippen LogP contribution in [0.15, 0.2) is 53.4 Å². The first-order chi connectivity index (χ1) is 8.66. The summed E-state index contributed by atoms with van der Waals surface area (Å²) in [6.07, 6.45) is -0.741. The molecule has 1 unspecified atom stereocenters. The molecular weight excluding hydrogens is 254 g/mol. The summed E-state index contributed by atoms with van der Waals surface area (Å²) >= 11 is 1.24. The predicted octanol–water partition coefficient (Wildman–Crippen LogP) is 3.79. The minimum atomic E-state index is -0.741. The number of benzene rings is 2. The quantitative estimate of drug-likeness (QED) is 0.850. The fourth-order valence-electron chi connectivity index (χ4n) is 1.51. The van der Waals surface area contributed by atoms with Gasteiger partial charge < -0.3 is 5.11 Å². The van der Waals surface area contributed by atoms with E-state index in [1.807, 2.05) is 0 Å². The number of halogens is 2. The minimum absolute atomic E-state index is 0.297. The van der Waals surface area contributed by atoms with Crippen LogP contribution in [0.5, 0.6) is 0 Å². The van der Waals surface area contributed by atoms with Gasteiger partial charge in [0.05, 0.1) is 6.10 Å². The second-order valence-corrected chi connectivity index (χ2v) is 4.87. The third-order valence-corrected chi connectivity index (χ3v) is 3.61. The number of aliphatic hydroxyl groups is 1. The number of hydrogen-bond donors (Lipinski definition) is 1. The molecule has 18 heavy (non-hydrogen) atoms. The predicted molar refractivity (Wildman–Crippen MR) is 68.5 cm³/mol. The largest absolute Gasteiger partial charge is 0.388 e. The van der Waals surface area contributed by atoms with Crippen molar-refractivity contribution in [1.82, 2.24) is 0 Å². The maximum absolute atomic E-state index is 13.3. The Morgan fingerprint density at radius 3 is 2.33 bits per heavy atom. The van der Waals surface area contributed by atoms with Crippen LogP contribution < -0.4 is 0 Å². The normalized spacial score (nSPS) is 12.4. The number of rotatable bonds is 4. The highest BCUT2D eigenvalue weighted by Gasteiger charge is 2.10. The molecule has 94 valence electrons. The number of aliphatic hydroxyl groups excluding tert-OH is 1. The molecule has 0 fully saturated rings. The van der Waals surface area contributed by atoms with Crippen LogP contribution in [-0.4, -0.2) is 10.9 Å². The summed E-state index contributed by atoms with van der Waals surface area (Å²) in [5.41, 5.74) is 0.625. The van der Waals surface area contributed by atoms with E-state index in [1.54, 1.807) is 18.2 Å². The third-order valence-electron chi connectivity index (χ3n) is 2.49. The lowest BCUT2D eigenvalue weighted by atomic mass is 10.1. The molecule has 0 spiro atoms. The standard InChI is InChI=1S/C14H12F2OS/c15-11-7-5-10(6-8-11)13(17)9-18-14-4-2-1-3-12(14)16/h1-8,13,17H,9H2. The van der Waals surface area contributed by atoms with Gasteiger partial charge in [-0.25, -0.2) is 8.78 Å². The van der Waals surface area contributed by atoms with Crippen molar-refractivity contribution in [1.29, 1.82) is 0 Å². The summed E-state index contributed by atoms with van der Waals surface area (Å²) < 4.78 is 26.1. The molecule has 0 radical (unpaired) electrons. The van der Waals surface area contributed by atoms with Crippen molar-refractivity contribution in [3.63, 3.8) is 0 Å². The van der Waals surface area contributed by atoms with Gasteiger partial charge in [0.15, 0.2) is 0 Å². The highest BCUT2D eigenvalue weighted by molar-refractivity contribution is 7.99. The Morgan fingerprint density at radius 2 is 1.67 bits per heavy atom. The smallest absolute Gasteiger partial charge is 0.136 e. The average Bonchev–Trinajstić information content (AvgIpc) is 2.38. The van der Waals surface area contributed by atoms with E-state index in [1.165, 1.54) is 42.1 Å². The van der Waals surface area contributed by atoms with Gasteiger partial charge in [-0.15, -0.1) is 11.8 Å². The van der Waals surface area contributed by atoms with Crippen LogP contribution in [0.2, 0.25) is 0 Å². The molecule has 0 bridgehead atoms. The maximum atomic E-state index is 13.3. The lowest BCUT2D eigenvalue weighted by Gasteiger charge is -2.10. The van der Waals surface area contributed by atoms with E-state index in [2.05, 4.69) is 0 Å². The molecule has 2 rings (SSSR count). The molecular formula is C14H12F2OS. The lowest BCUT2D eigenvalue weighted by molar-refractivity contribution is 0.204. The van der Waals surface area contributed by atoms with Crippen molar-refractivity contribution >= 4 is 11.8 Å². The zero-order valence-corrected chi connectivity index (χ0v) is 10.3. The highest BCUT2D eigenvalue weighted by Crippen LogP contribution is 2.26. The summed E-state index contributed by atoms with van der Waals surface area (Å²) in [6, 6.07) is 12.1. The van der Waals surface area contributed by atoms with Crippen LogP contribution in [0.3, 0.4) is 0 Å². The van der Waals surface area contributed by atoms with Crippen molar-refractivity contribution < 1.29 is 13.9 Å². The Labute approximate surface area is 108 Å². The van der Waals surface area contributed by atoms with E-state index in [-0.39, 0.29) is 11.6 Å². The zero-order chi connectivity index (χ0) is 13.0. The van der Waals surface area contributed by atoms with Gasteiger partial charge in [0, 0.05) is 10.6 Å². The van der Waals surface area contributed by atoms with Crippen LogP contribution in [-0.2, 0) is 0 Å². The monoisotopic (exact) mass is 266 g/mol. The van der Waals surface area contributed by atoms with Crippen molar-refractivity contribution in [3.05, 3.63) is 65.7 Å². The van der Waals surface area contributed by atoms with Crippen molar-refractivity contribution in [2.75, 3.05) is 5.75 Å². The van der Waals surface area contributed by atoms with Crippen LogP contribution in [0.1, 0.15) is 11.7 Å². The van der Waals surface area contributed by atoms with E-state index in [0.29, 0.717) is 16.2 Å². The fraction of sp³-hybridized carbons (Fsp3) is 0.143. The molecule has 0 saturated carbocycles. The molecule has 0 aromatic heterocycles. The second-order valence-electron chi connectivity index (χ2n) is 3.81. The summed E-state index contributed by atoms with van der Waals surface area (Å²) in [4.78, 5) is 0.499. The second kappa shape index (κ2) is 5.98. The van der Waals surface area contributed by atoms with E-state index in [9.17, 15) is 13.9 Å². The van der Waals surface area contributed by atoms with Crippen molar-refractivity contribution in [2.24, 2.45) is 0 Å². The molecule has 4 heteroatoms. The Morgan fingerprint density at radius 1 is 1.00 bits per heavy atom. The first-order valence-electron chi connectivity index (χ1n) is 5.47. The van der Waals surface area contributed by atoms with Gasteiger partial charge in [0.2, 0.25) is 0 Å². The summed E-state index contributed by atoms with van der Waals surface area (Å²) in [6.45, 7) is 0. The van der Waals surface area contributed by atoms with E-state index >= 15 is 0 Å². The van der Waals surface area contributed by atoms with Gasteiger partial charge in [-0.2, -0.15) is 0 Å². The first kappa shape index (κ1) is 13.1. The number of thioether (sulfide) groups is 1. The van der Waals surface area contributed by atoms with E-state index in [4.69, 9.17) is 0 Å². The van der Waals surface area contributed by atoms with Crippen LogP contribution in [0.25, 0.3) is 0 Å². The summed E-state index contributed by atoms with van der Waals surface area (Å²) in [5, 5.41) is 9.90. The van der Waals surface area contributed by atoms with Crippen LogP contribution in [0, 0.1) is 11.6 Å². The minimum Gasteiger partial charge on any atom is -0.388 e. The zero-order valence-electron chi connectivity index (χ0n) is 9.51. The van der Waals surface area contributed by atoms with Gasteiger partial charge in [-0.05, 0) is 29.8 Å². The Bertz CT molecular complexity index is 513. The van der Waals surface area contributed by atoms with Crippen molar-refractivity contribution in [2.45, 2.75) is 11.0 Å².